The molecule has 3 nitrogen and oxygen atoms in total. The van der Waals surface area contributed by atoms with Crippen LogP contribution >= 0.6 is 11.8 Å². The SMILES string of the molecule is c1cc2c(cc1CC1CNCCO1)SCCN2. The van der Waals surface area contributed by atoms with E-state index in [0.29, 0.717) is 6.10 Å². The summed E-state index contributed by atoms with van der Waals surface area (Å²) >= 11 is 1.95. The Morgan fingerprint density at radius 2 is 2.35 bits per heavy atom. The number of rotatable bonds is 2. The lowest BCUT2D eigenvalue weighted by Crippen LogP contribution is -2.39. The lowest BCUT2D eigenvalue weighted by Gasteiger charge is -2.24. The minimum Gasteiger partial charge on any atom is -0.383 e. The van der Waals surface area contributed by atoms with Crippen LogP contribution in [0.4, 0.5) is 5.69 Å². The van der Waals surface area contributed by atoms with Gasteiger partial charge in [0, 0.05) is 36.0 Å². The van der Waals surface area contributed by atoms with Crippen molar-refractivity contribution >= 4 is 17.4 Å². The lowest BCUT2D eigenvalue weighted by atomic mass is 10.1. The summed E-state index contributed by atoms with van der Waals surface area (Å²) in [5.41, 5.74) is 2.67. The molecule has 3 rings (SSSR count). The first kappa shape index (κ1) is 11.4. The molecule has 2 N–H and O–H groups in total. The highest BCUT2D eigenvalue weighted by molar-refractivity contribution is 7.99. The van der Waals surface area contributed by atoms with Crippen LogP contribution in [0.15, 0.2) is 23.1 Å². The van der Waals surface area contributed by atoms with Gasteiger partial charge in [0.25, 0.3) is 0 Å². The zero-order valence-electron chi connectivity index (χ0n) is 9.87. The van der Waals surface area contributed by atoms with Crippen molar-refractivity contribution in [2.24, 2.45) is 0 Å². The van der Waals surface area contributed by atoms with E-state index < -0.39 is 0 Å². The van der Waals surface area contributed by atoms with Gasteiger partial charge >= 0.3 is 0 Å². The molecule has 1 aromatic carbocycles. The maximum absolute atomic E-state index is 5.74. The predicted octanol–water partition coefficient (Wildman–Crippen LogP) is 1.74. The van der Waals surface area contributed by atoms with E-state index in [1.165, 1.54) is 16.1 Å². The molecule has 2 aliphatic rings. The highest BCUT2D eigenvalue weighted by Crippen LogP contribution is 2.31. The minimum atomic E-state index is 0.336. The molecule has 2 heterocycles. The Bertz CT molecular complexity index is 391. The highest BCUT2D eigenvalue weighted by Gasteiger charge is 2.15. The molecule has 1 saturated heterocycles. The van der Waals surface area contributed by atoms with E-state index in [-0.39, 0.29) is 0 Å². The van der Waals surface area contributed by atoms with Crippen molar-refractivity contribution in [1.29, 1.82) is 0 Å². The van der Waals surface area contributed by atoms with Gasteiger partial charge in [0.15, 0.2) is 0 Å². The number of hydrogen-bond donors (Lipinski definition) is 2. The molecule has 0 aliphatic carbocycles. The van der Waals surface area contributed by atoms with Crippen LogP contribution in [0.2, 0.25) is 0 Å². The van der Waals surface area contributed by atoms with E-state index in [2.05, 4.69) is 28.8 Å². The van der Waals surface area contributed by atoms with Crippen LogP contribution in [-0.2, 0) is 11.2 Å². The zero-order chi connectivity index (χ0) is 11.5. The second kappa shape index (κ2) is 5.29. The Balaban J connectivity index is 1.70. The molecule has 0 amide bonds. The molecule has 17 heavy (non-hydrogen) atoms. The third-order valence-corrected chi connectivity index (χ3v) is 4.25. The quantitative estimate of drug-likeness (QED) is 0.837. The number of morpholine rings is 1. The number of nitrogens with one attached hydrogen (secondary N) is 2. The van der Waals surface area contributed by atoms with Gasteiger partial charge in [-0.2, -0.15) is 0 Å². The van der Waals surface area contributed by atoms with Crippen molar-refractivity contribution in [3.05, 3.63) is 23.8 Å². The standard InChI is InChI=1S/C13H18N2OS/c1-2-12-13(17-6-4-15-12)8-10(1)7-11-9-14-3-5-16-11/h1-2,8,11,14-15H,3-7,9H2. The van der Waals surface area contributed by atoms with Crippen LogP contribution < -0.4 is 10.6 Å². The van der Waals surface area contributed by atoms with Gasteiger partial charge in [0.1, 0.15) is 0 Å². The first-order chi connectivity index (χ1) is 8.42. The first-order valence-corrected chi connectivity index (χ1v) is 7.22. The fraction of sp³-hybridized carbons (Fsp3) is 0.538. The van der Waals surface area contributed by atoms with Crippen molar-refractivity contribution in [2.75, 3.05) is 37.3 Å². The summed E-state index contributed by atoms with van der Waals surface area (Å²) in [7, 11) is 0. The van der Waals surface area contributed by atoms with Crippen LogP contribution in [0.5, 0.6) is 0 Å². The molecular formula is C13H18N2OS. The van der Waals surface area contributed by atoms with Crippen molar-refractivity contribution in [2.45, 2.75) is 17.4 Å². The number of thioether (sulfide) groups is 1. The maximum Gasteiger partial charge on any atom is 0.0740 e. The molecule has 0 saturated carbocycles. The summed E-state index contributed by atoms with van der Waals surface area (Å²) in [5.74, 6) is 1.16. The van der Waals surface area contributed by atoms with Gasteiger partial charge in [-0.3, -0.25) is 0 Å². The van der Waals surface area contributed by atoms with Gasteiger partial charge in [0.2, 0.25) is 0 Å². The van der Waals surface area contributed by atoms with E-state index in [4.69, 9.17) is 4.74 Å². The molecule has 92 valence electrons. The Labute approximate surface area is 106 Å². The molecule has 4 heteroatoms. The maximum atomic E-state index is 5.74. The molecule has 2 aliphatic heterocycles. The second-order valence-electron chi connectivity index (χ2n) is 4.51. The van der Waals surface area contributed by atoms with Crippen molar-refractivity contribution < 1.29 is 4.74 Å². The zero-order valence-corrected chi connectivity index (χ0v) is 10.7. The van der Waals surface area contributed by atoms with Crippen LogP contribution in [-0.4, -0.2) is 38.1 Å². The third-order valence-electron chi connectivity index (χ3n) is 3.19. The van der Waals surface area contributed by atoms with Gasteiger partial charge in [-0.15, -0.1) is 11.8 Å². The number of anilines is 1. The highest BCUT2D eigenvalue weighted by atomic mass is 32.2. The molecule has 1 fully saturated rings. The van der Waals surface area contributed by atoms with Crippen LogP contribution in [0, 0.1) is 0 Å². The van der Waals surface area contributed by atoms with Crippen LogP contribution in [0.3, 0.4) is 0 Å². The normalized spacial score (nSPS) is 23.9. The molecule has 0 spiro atoms. The largest absolute Gasteiger partial charge is 0.383 e. The van der Waals surface area contributed by atoms with E-state index >= 15 is 0 Å². The van der Waals surface area contributed by atoms with E-state index in [9.17, 15) is 0 Å². The monoisotopic (exact) mass is 250 g/mol. The molecule has 1 unspecified atom stereocenters. The Hall–Kier alpha value is -0.710. The third kappa shape index (κ3) is 2.76. The number of hydrogen-bond acceptors (Lipinski definition) is 4. The van der Waals surface area contributed by atoms with E-state index in [1.807, 2.05) is 11.8 Å². The van der Waals surface area contributed by atoms with Gasteiger partial charge in [-0.05, 0) is 24.1 Å². The average Bonchev–Trinajstić information content (AvgIpc) is 2.40. The van der Waals surface area contributed by atoms with Gasteiger partial charge in [-0.1, -0.05) is 6.07 Å². The van der Waals surface area contributed by atoms with E-state index in [0.717, 1.165) is 38.4 Å². The van der Waals surface area contributed by atoms with Crippen LogP contribution in [0.25, 0.3) is 0 Å². The molecule has 0 aromatic heterocycles. The minimum absolute atomic E-state index is 0.336. The number of benzene rings is 1. The number of fused-ring (bicyclic) bond motifs is 1. The summed E-state index contributed by atoms with van der Waals surface area (Å²) in [6.45, 7) is 3.88. The summed E-state index contributed by atoms with van der Waals surface area (Å²) < 4.78 is 5.74. The topological polar surface area (TPSA) is 33.3 Å². The fourth-order valence-electron chi connectivity index (χ4n) is 2.32. The van der Waals surface area contributed by atoms with Crippen LogP contribution in [0.1, 0.15) is 5.56 Å². The predicted molar refractivity (Wildman–Crippen MR) is 72.0 cm³/mol. The lowest BCUT2D eigenvalue weighted by molar-refractivity contribution is 0.0292. The Morgan fingerprint density at radius 3 is 3.24 bits per heavy atom. The van der Waals surface area contributed by atoms with Crippen molar-refractivity contribution in [3.63, 3.8) is 0 Å². The fourth-order valence-corrected chi connectivity index (χ4v) is 3.27. The van der Waals surface area contributed by atoms with Crippen molar-refractivity contribution in [1.82, 2.24) is 5.32 Å². The second-order valence-corrected chi connectivity index (χ2v) is 5.64. The average molecular weight is 250 g/mol. The molecule has 1 atom stereocenters. The summed E-state index contributed by atoms with van der Waals surface area (Å²) in [6.07, 6.45) is 1.35. The smallest absolute Gasteiger partial charge is 0.0740 e. The van der Waals surface area contributed by atoms with Gasteiger partial charge in [-0.25, -0.2) is 0 Å². The first-order valence-electron chi connectivity index (χ1n) is 6.24. The molecular weight excluding hydrogens is 232 g/mol. The van der Waals surface area contributed by atoms with Crippen molar-refractivity contribution in [3.8, 4) is 0 Å². The van der Waals surface area contributed by atoms with Gasteiger partial charge < -0.3 is 15.4 Å². The molecule has 0 radical (unpaired) electrons. The summed E-state index contributed by atoms with van der Waals surface area (Å²) in [5, 5.41) is 6.80. The van der Waals surface area contributed by atoms with Gasteiger partial charge in [0.05, 0.1) is 12.7 Å². The molecule has 0 bridgehead atoms. The Kier molecular flexibility index (Phi) is 3.54. The molecule has 1 aromatic rings. The number of ether oxygens (including phenoxy) is 1. The summed E-state index contributed by atoms with van der Waals surface area (Å²) in [4.78, 5) is 1.39. The Morgan fingerprint density at radius 1 is 1.35 bits per heavy atom. The van der Waals surface area contributed by atoms with E-state index in [1.54, 1.807) is 0 Å². The summed E-state index contributed by atoms with van der Waals surface area (Å²) in [6, 6.07) is 6.73.